The predicted molar refractivity (Wildman–Crippen MR) is 65.9 cm³/mol. The fourth-order valence-corrected chi connectivity index (χ4v) is 1.99. The second kappa shape index (κ2) is 7.46. The van der Waals surface area contributed by atoms with Gasteiger partial charge in [-0.3, -0.25) is 10.4 Å². The van der Waals surface area contributed by atoms with Gasteiger partial charge in [-0.2, -0.15) is 0 Å². The molecule has 0 amide bonds. The zero-order chi connectivity index (χ0) is 11.8. The van der Waals surface area contributed by atoms with Crippen LogP contribution in [0.3, 0.4) is 0 Å². The van der Waals surface area contributed by atoms with E-state index in [0.29, 0.717) is 5.92 Å². The Hall–Kier alpha value is -0.810. The average molecular weight is 228 g/mol. The molecule has 16 heavy (non-hydrogen) atoms. The summed E-state index contributed by atoms with van der Waals surface area (Å²) in [4.78, 5) is 6.59. The quantitative estimate of drug-likeness (QED) is 0.213. The third kappa shape index (κ3) is 3.98. The number of likely N-dealkylation sites (tertiary alicyclic amines) is 1. The molecular formula is C11H24N4O. The van der Waals surface area contributed by atoms with E-state index in [0.717, 1.165) is 51.3 Å². The monoisotopic (exact) mass is 228 g/mol. The maximum Gasteiger partial charge on any atom is 0.208 e. The molecule has 94 valence electrons. The van der Waals surface area contributed by atoms with Gasteiger partial charge in [-0.15, -0.1) is 0 Å². The molecule has 1 saturated heterocycles. The van der Waals surface area contributed by atoms with Crippen LogP contribution in [0.4, 0.5) is 0 Å². The number of aliphatic hydroxyl groups is 1. The van der Waals surface area contributed by atoms with E-state index < -0.39 is 0 Å². The summed E-state index contributed by atoms with van der Waals surface area (Å²) in [6.45, 7) is 5.05. The summed E-state index contributed by atoms with van der Waals surface area (Å²) < 4.78 is 0. The Morgan fingerprint density at radius 2 is 2.44 bits per heavy atom. The summed E-state index contributed by atoms with van der Waals surface area (Å²) in [5.41, 5.74) is 2.67. The fraction of sp³-hybridized carbons (Fsp3) is 0.909. The van der Waals surface area contributed by atoms with Crippen molar-refractivity contribution in [2.45, 2.75) is 32.6 Å². The first-order valence-corrected chi connectivity index (χ1v) is 6.18. The first kappa shape index (κ1) is 13.3. The molecule has 0 aromatic heterocycles. The van der Waals surface area contributed by atoms with Crippen LogP contribution in [0, 0.1) is 5.92 Å². The fourth-order valence-electron chi connectivity index (χ4n) is 1.99. The van der Waals surface area contributed by atoms with Gasteiger partial charge in [0.05, 0.1) is 0 Å². The predicted octanol–water partition coefficient (Wildman–Crippen LogP) is 0.310. The Kier molecular flexibility index (Phi) is 6.18. The van der Waals surface area contributed by atoms with Crippen LogP contribution in [0.5, 0.6) is 0 Å². The lowest BCUT2D eigenvalue weighted by molar-refractivity contribution is 0.158. The van der Waals surface area contributed by atoms with Gasteiger partial charge in [0.2, 0.25) is 5.96 Å². The standard InChI is InChI=1S/C11H24N4O/c1-2-3-6-13-11(14-12)15-7-4-5-10(8-15)9-16/h10,16H,2-9,12H2,1H3,(H,13,14). The number of nitrogens with zero attached hydrogens (tertiary/aromatic N) is 2. The molecule has 5 heteroatoms. The molecule has 0 aliphatic carbocycles. The third-order valence-corrected chi connectivity index (χ3v) is 2.98. The molecule has 1 aliphatic rings. The van der Waals surface area contributed by atoms with E-state index >= 15 is 0 Å². The van der Waals surface area contributed by atoms with Crippen molar-refractivity contribution >= 4 is 5.96 Å². The van der Waals surface area contributed by atoms with Gasteiger partial charge in [-0.25, -0.2) is 5.84 Å². The molecule has 1 atom stereocenters. The van der Waals surface area contributed by atoms with Crippen molar-refractivity contribution in [2.75, 3.05) is 26.2 Å². The molecule has 0 saturated carbocycles. The Bertz CT molecular complexity index is 220. The lowest BCUT2D eigenvalue weighted by Gasteiger charge is -2.33. The van der Waals surface area contributed by atoms with Crippen LogP contribution in [0.25, 0.3) is 0 Å². The van der Waals surface area contributed by atoms with Crippen LogP contribution >= 0.6 is 0 Å². The van der Waals surface area contributed by atoms with Crippen LogP contribution in [0.2, 0.25) is 0 Å². The molecule has 1 heterocycles. The first-order valence-electron chi connectivity index (χ1n) is 6.18. The van der Waals surface area contributed by atoms with Gasteiger partial charge >= 0.3 is 0 Å². The number of nitrogens with one attached hydrogen (secondary N) is 1. The topological polar surface area (TPSA) is 73.9 Å². The van der Waals surface area contributed by atoms with Crippen LogP contribution in [0.15, 0.2) is 4.99 Å². The Morgan fingerprint density at radius 1 is 1.62 bits per heavy atom. The highest BCUT2D eigenvalue weighted by Gasteiger charge is 2.21. The molecule has 0 aromatic carbocycles. The van der Waals surface area contributed by atoms with E-state index in [-0.39, 0.29) is 6.61 Å². The number of hydrazine groups is 1. The second-order valence-electron chi connectivity index (χ2n) is 4.34. The van der Waals surface area contributed by atoms with E-state index in [1.165, 1.54) is 0 Å². The number of nitrogens with two attached hydrogens (primary N) is 1. The van der Waals surface area contributed by atoms with Crippen molar-refractivity contribution in [1.82, 2.24) is 10.3 Å². The Morgan fingerprint density at radius 3 is 3.06 bits per heavy atom. The van der Waals surface area contributed by atoms with E-state index in [1.54, 1.807) is 0 Å². The van der Waals surface area contributed by atoms with Gasteiger partial charge in [0, 0.05) is 26.2 Å². The van der Waals surface area contributed by atoms with Crippen molar-refractivity contribution in [3.05, 3.63) is 0 Å². The molecule has 0 aromatic rings. The highest BCUT2D eigenvalue weighted by molar-refractivity contribution is 5.79. The minimum Gasteiger partial charge on any atom is -0.396 e. The minimum absolute atomic E-state index is 0.253. The highest BCUT2D eigenvalue weighted by Crippen LogP contribution is 2.15. The largest absolute Gasteiger partial charge is 0.396 e. The van der Waals surface area contributed by atoms with Crippen molar-refractivity contribution < 1.29 is 5.11 Å². The molecule has 1 unspecified atom stereocenters. The zero-order valence-electron chi connectivity index (χ0n) is 10.2. The normalized spacial score (nSPS) is 22.3. The first-order chi connectivity index (χ1) is 7.81. The summed E-state index contributed by atoms with van der Waals surface area (Å²) in [5.74, 6) is 6.62. The Labute approximate surface area is 97.7 Å². The highest BCUT2D eigenvalue weighted by atomic mass is 16.3. The number of hydrogen-bond acceptors (Lipinski definition) is 3. The number of aliphatic imine (C=N–C) groups is 1. The summed E-state index contributed by atoms with van der Waals surface area (Å²) in [7, 11) is 0. The molecule has 1 aliphatic heterocycles. The minimum atomic E-state index is 0.253. The number of hydrogen-bond donors (Lipinski definition) is 3. The number of aliphatic hydroxyl groups excluding tert-OH is 1. The van der Waals surface area contributed by atoms with Gasteiger partial charge in [0.1, 0.15) is 0 Å². The van der Waals surface area contributed by atoms with Crippen LogP contribution in [-0.2, 0) is 0 Å². The van der Waals surface area contributed by atoms with E-state index in [1.807, 2.05) is 0 Å². The third-order valence-electron chi connectivity index (χ3n) is 2.98. The zero-order valence-corrected chi connectivity index (χ0v) is 10.2. The number of guanidine groups is 1. The maximum absolute atomic E-state index is 9.16. The van der Waals surface area contributed by atoms with Crippen LogP contribution in [-0.4, -0.2) is 42.2 Å². The smallest absolute Gasteiger partial charge is 0.208 e. The summed E-state index contributed by atoms with van der Waals surface area (Å²) in [5, 5.41) is 9.16. The number of unbranched alkanes of at least 4 members (excludes halogenated alkanes) is 1. The van der Waals surface area contributed by atoms with E-state index in [9.17, 15) is 0 Å². The number of piperidine rings is 1. The SMILES string of the molecule is CCCCN=C(NN)N1CCCC(CO)C1. The van der Waals surface area contributed by atoms with Gasteiger partial charge in [0.25, 0.3) is 0 Å². The molecular weight excluding hydrogens is 204 g/mol. The molecule has 5 nitrogen and oxygen atoms in total. The maximum atomic E-state index is 9.16. The molecule has 0 bridgehead atoms. The molecule has 0 spiro atoms. The van der Waals surface area contributed by atoms with Crippen molar-refractivity contribution in [3.63, 3.8) is 0 Å². The van der Waals surface area contributed by atoms with Gasteiger partial charge in [0.15, 0.2) is 0 Å². The lowest BCUT2D eigenvalue weighted by atomic mass is 9.99. The Balaban J connectivity index is 2.47. The second-order valence-corrected chi connectivity index (χ2v) is 4.34. The summed E-state index contributed by atoms with van der Waals surface area (Å²) in [6.07, 6.45) is 4.42. The van der Waals surface area contributed by atoms with Crippen molar-refractivity contribution in [1.29, 1.82) is 0 Å². The molecule has 4 N–H and O–H groups in total. The van der Waals surface area contributed by atoms with Crippen molar-refractivity contribution in [3.8, 4) is 0 Å². The molecule has 1 fully saturated rings. The average Bonchev–Trinajstić information content (AvgIpc) is 2.35. The van der Waals surface area contributed by atoms with Gasteiger partial charge < -0.3 is 10.0 Å². The van der Waals surface area contributed by atoms with Gasteiger partial charge in [-0.1, -0.05) is 13.3 Å². The summed E-state index contributed by atoms with van der Waals surface area (Å²) in [6, 6.07) is 0. The van der Waals surface area contributed by atoms with Gasteiger partial charge in [-0.05, 0) is 25.2 Å². The van der Waals surface area contributed by atoms with Crippen molar-refractivity contribution in [2.24, 2.45) is 16.8 Å². The van der Waals surface area contributed by atoms with Crippen LogP contribution in [0.1, 0.15) is 32.6 Å². The lowest BCUT2D eigenvalue weighted by Crippen LogP contribution is -2.49. The van der Waals surface area contributed by atoms with Crippen LogP contribution < -0.4 is 11.3 Å². The number of rotatable bonds is 4. The van der Waals surface area contributed by atoms with E-state index in [2.05, 4.69) is 22.2 Å². The summed E-state index contributed by atoms with van der Waals surface area (Å²) >= 11 is 0. The molecule has 1 rings (SSSR count). The van der Waals surface area contributed by atoms with E-state index in [4.69, 9.17) is 10.9 Å². The molecule has 0 radical (unpaired) electrons.